The molecule has 55 heavy (non-hydrogen) atoms. The van der Waals surface area contributed by atoms with Gasteiger partial charge in [-0.25, -0.2) is 4.68 Å². The Morgan fingerprint density at radius 2 is 1.58 bits per heavy atom. The lowest BCUT2D eigenvalue weighted by Gasteiger charge is -2.34. The second-order valence-corrected chi connectivity index (χ2v) is 15.9. The van der Waals surface area contributed by atoms with E-state index in [-0.39, 0.29) is 56.6 Å². The van der Waals surface area contributed by atoms with Gasteiger partial charge in [0.05, 0.1) is 29.9 Å². The number of aromatic amines is 1. The zero-order valence-electron chi connectivity index (χ0n) is 31.2. The van der Waals surface area contributed by atoms with Gasteiger partial charge in [-0.2, -0.15) is 23.7 Å². The van der Waals surface area contributed by atoms with Crippen molar-refractivity contribution in [1.29, 1.82) is 5.26 Å². The highest BCUT2D eigenvalue weighted by atomic mass is 32.2. The summed E-state index contributed by atoms with van der Waals surface area (Å²) in [5, 5.41) is 31.2. The van der Waals surface area contributed by atoms with Gasteiger partial charge in [0.15, 0.2) is 17.1 Å². The zero-order valence-corrected chi connectivity index (χ0v) is 32.8. The number of nitriles is 1. The number of hydrogen-bond donors (Lipinski definition) is 4. The monoisotopic (exact) mass is 787 g/mol. The minimum absolute atomic E-state index is 0.0407. The number of anilines is 2. The number of phenols is 1. The highest BCUT2D eigenvalue weighted by molar-refractivity contribution is 7.82. The van der Waals surface area contributed by atoms with Gasteiger partial charge in [-0.3, -0.25) is 19.3 Å². The largest absolute Gasteiger partial charge is 0.506 e. The Morgan fingerprint density at radius 3 is 2.24 bits per heavy atom. The van der Waals surface area contributed by atoms with Crippen LogP contribution in [0.3, 0.4) is 0 Å². The van der Waals surface area contributed by atoms with Crippen molar-refractivity contribution in [3.63, 3.8) is 0 Å². The van der Waals surface area contributed by atoms with E-state index in [4.69, 9.17) is 18.1 Å². The molecule has 2 atom stereocenters. The minimum atomic E-state index is -2.21. The highest BCUT2D eigenvalue weighted by Crippen LogP contribution is 2.41. The fourth-order valence-electron chi connectivity index (χ4n) is 6.15. The van der Waals surface area contributed by atoms with E-state index in [1.54, 1.807) is 42.5 Å². The molecule has 1 aromatic heterocycles. The number of rotatable bonds is 15. The van der Waals surface area contributed by atoms with Crippen LogP contribution in [0.2, 0.25) is 0 Å². The molecule has 5 rings (SSSR count). The summed E-state index contributed by atoms with van der Waals surface area (Å²) in [7, 11) is 1.29. The smallest absolute Gasteiger partial charge is 0.316 e. The third-order valence-corrected chi connectivity index (χ3v) is 9.45. The number of aryl methyl sites for hydroxylation is 1. The van der Waals surface area contributed by atoms with Crippen molar-refractivity contribution in [1.82, 2.24) is 9.78 Å². The number of hydrogen-bond acceptors (Lipinski definition) is 11. The number of azo groups is 1. The number of nitrogens with one attached hydrogen (secondary N) is 3. The van der Waals surface area contributed by atoms with E-state index < -0.39 is 28.1 Å². The molecule has 0 spiro atoms. The van der Waals surface area contributed by atoms with Crippen LogP contribution in [0.15, 0.2) is 100.0 Å². The first kappa shape index (κ1) is 40.2. The van der Waals surface area contributed by atoms with Gasteiger partial charge in [-0.05, 0) is 96.0 Å². The molecule has 0 saturated carbocycles. The van der Waals surface area contributed by atoms with Gasteiger partial charge in [0.2, 0.25) is 5.75 Å². The normalized spacial score (nSPS) is 12.8. The Bertz CT molecular complexity index is 2330. The molecule has 15 nitrogen and oxygen atoms in total. The van der Waals surface area contributed by atoms with Crippen molar-refractivity contribution in [3.05, 3.63) is 112 Å². The van der Waals surface area contributed by atoms with E-state index in [2.05, 4.69) is 59.4 Å². The van der Waals surface area contributed by atoms with Crippen molar-refractivity contribution in [3.8, 4) is 34.8 Å². The fraction of sp³-hybridized carbons (Fsp3) is 0.263. The molecule has 0 bridgehead atoms. The van der Waals surface area contributed by atoms with Crippen LogP contribution in [0.25, 0.3) is 5.69 Å². The van der Waals surface area contributed by atoms with E-state index in [0.717, 1.165) is 17.5 Å². The van der Waals surface area contributed by atoms with Crippen molar-refractivity contribution in [2.45, 2.75) is 53.4 Å². The molecule has 17 heteroatoms. The first-order valence-electron chi connectivity index (χ1n) is 16.8. The number of benzene rings is 4. The SMILES string of the molecule is COOc1ccc(NS(=O)Oc2ccc(N=Nc3c(C#N)[nH]n(-c4ccccc4)c3=O)cc2)cc1OS(=O)Nc1cc(C)c(C(C)(C)CC(C)(C)C)cc1O. The van der Waals surface area contributed by atoms with Crippen LogP contribution in [0.1, 0.15) is 57.9 Å². The molecule has 0 aliphatic carbocycles. The molecule has 0 saturated heterocycles. The van der Waals surface area contributed by atoms with Gasteiger partial charge in [0.1, 0.15) is 17.6 Å². The van der Waals surface area contributed by atoms with Crippen molar-refractivity contribution >= 4 is 45.3 Å². The summed E-state index contributed by atoms with van der Waals surface area (Å²) in [6.07, 6.45) is 0.881. The summed E-state index contributed by atoms with van der Waals surface area (Å²) in [5.74, 6) is 0.148. The predicted molar refractivity (Wildman–Crippen MR) is 211 cm³/mol. The summed E-state index contributed by atoms with van der Waals surface area (Å²) in [6, 6.07) is 24.4. The van der Waals surface area contributed by atoms with Crippen molar-refractivity contribution < 1.29 is 31.7 Å². The molecule has 2 unspecified atom stereocenters. The van der Waals surface area contributed by atoms with Crippen LogP contribution in [-0.4, -0.2) is 30.4 Å². The van der Waals surface area contributed by atoms with E-state index in [1.807, 2.05) is 13.0 Å². The number of nitrogens with zero attached hydrogens (tertiary/aromatic N) is 4. The Hall–Kier alpha value is -5.96. The second-order valence-electron chi connectivity index (χ2n) is 14.2. The van der Waals surface area contributed by atoms with Gasteiger partial charge in [0, 0.05) is 6.07 Å². The second kappa shape index (κ2) is 17.0. The first-order valence-corrected chi connectivity index (χ1v) is 19.0. The summed E-state index contributed by atoms with van der Waals surface area (Å²) < 4.78 is 43.7. The molecule has 1 heterocycles. The molecular formula is C38H41N7O8S2. The minimum Gasteiger partial charge on any atom is -0.506 e. The number of aromatic nitrogens is 2. The maximum Gasteiger partial charge on any atom is 0.316 e. The van der Waals surface area contributed by atoms with Crippen LogP contribution in [0.5, 0.6) is 23.0 Å². The van der Waals surface area contributed by atoms with E-state index >= 15 is 0 Å². The van der Waals surface area contributed by atoms with Gasteiger partial charge >= 0.3 is 22.5 Å². The number of aromatic hydroxyl groups is 1. The highest BCUT2D eigenvalue weighted by Gasteiger charge is 2.29. The van der Waals surface area contributed by atoms with Gasteiger partial charge < -0.3 is 18.4 Å². The maximum atomic E-state index is 13.1. The Balaban J connectivity index is 1.23. The Labute approximate surface area is 323 Å². The summed E-state index contributed by atoms with van der Waals surface area (Å²) in [5.41, 5.74) is 2.31. The molecule has 0 fully saturated rings. The lowest BCUT2D eigenvalue weighted by atomic mass is 9.71. The standard InChI is InChI=1S/C38H41N7O8S2/c1-24-19-30(32(46)21-29(24)38(5,6)23-37(2,3)4)44-55(49)53-34-20-26(15-18-33(34)51-50-7)43-54(48)52-28-16-13-25(14-17-28)40-41-35-31(22-39)42-45(36(35)47)27-11-9-8-10-12-27/h8-21,42-44,46H,23H2,1-7H3. The Kier molecular flexibility index (Phi) is 12.4. The van der Waals surface area contributed by atoms with Crippen molar-refractivity contribution in [2.75, 3.05) is 16.6 Å². The average molecular weight is 788 g/mol. The molecule has 0 aliphatic heterocycles. The van der Waals surface area contributed by atoms with Crippen molar-refractivity contribution in [2.24, 2.45) is 15.6 Å². The topological polar surface area (TPSA) is 202 Å². The molecular weight excluding hydrogens is 747 g/mol. The van der Waals surface area contributed by atoms with Gasteiger partial charge in [-0.1, -0.05) is 52.8 Å². The summed E-state index contributed by atoms with van der Waals surface area (Å²) >= 11 is -4.32. The quantitative estimate of drug-likeness (QED) is 0.0349. The lowest BCUT2D eigenvalue weighted by molar-refractivity contribution is -0.178. The number of H-pyrrole nitrogens is 1. The average Bonchev–Trinajstić information content (AvgIpc) is 3.44. The van der Waals surface area contributed by atoms with E-state index in [1.165, 1.54) is 54.3 Å². The zero-order chi connectivity index (χ0) is 39.9. The molecule has 288 valence electrons. The molecule has 4 N–H and O–H groups in total. The number of para-hydroxylation sites is 1. The fourth-order valence-corrected chi connectivity index (χ4v) is 7.48. The van der Waals surface area contributed by atoms with Gasteiger partial charge in [0.25, 0.3) is 5.56 Å². The Morgan fingerprint density at radius 1 is 0.891 bits per heavy atom. The predicted octanol–water partition coefficient (Wildman–Crippen LogP) is 8.26. The number of phenolic OH excluding ortho intramolecular Hbond substituents is 1. The third-order valence-electron chi connectivity index (χ3n) is 7.99. The maximum absolute atomic E-state index is 13.1. The molecule has 0 radical (unpaired) electrons. The lowest BCUT2D eigenvalue weighted by Crippen LogP contribution is -2.25. The van der Waals surface area contributed by atoms with Crippen LogP contribution >= 0.6 is 0 Å². The van der Waals surface area contributed by atoms with Crippen LogP contribution in [-0.2, 0) is 32.8 Å². The summed E-state index contributed by atoms with van der Waals surface area (Å²) in [6.45, 7) is 12.7. The van der Waals surface area contributed by atoms with Gasteiger partial charge in [-0.15, -0.1) is 5.11 Å². The van der Waals surface area contributed by atoms with Crippen LogP contribution < -0.4 is 28.3 Å². The van der Waals surface area contributed by atoms with E-state index in [0.29, 0.717) is 11.4 Å². The molecule has 0 amide bonds. The van der Waals surface area contributed by atoms with Crippen LogP contribution in [0, 0.1) is 23.7 Å². The van der Waals surface area contributed by atoms with E-state index in [9.17, 15) is 23.6 Å². The first-order chi connectivity index (χ1) is 26.1. The third kappa shape index (κ3) is 10.4. The summed E-state index contributed by atoms with van der Waals surface area (Å²) in [4.78, 5) is 22.8. The molecule has 4 aromatic carbocycles. The van der Waals surface area contributed by atoms with Crippen LogP contribution in [0.4, 0.5) is 22.7 Å². The molecule has 0 aliphatic rings. The molecule has 5 aromatic rings.